The van der Waals surface area contributed by atoms with Gasteiger partial charge < -0.3 is 15.1 Å². The van der Waals surface area contributed by atoms with E-state index in [0.717, 1.165) is 22.5 Å². The van der Waals surface area contributed by atoms with Gasteiger partial charge in [-0.2, -0.15) is 4.98 Å². The Bertz CT molecular complexity index is 589. The van der Waals surface area contributed by atoms with Crippen LogP contribution in [0, 0.1) is 0 Å². The van der Waals surface area contributed by atoms with Crippen LogP contribution in [0.2, 0.25) is 0 Å². The van der Waals surface area contributed by atoms with E-state index >= 15 is 0 Å². The molecule has 0 fully saturated rings. The van der Waals surface area contributed by atoms with Crippen molar-refractivity contribution in [3.63, 3.8) is 0 Å². The van der Waals surface area contributed by atoms with Crippen LogP contribution in [0.1, 0.15) is 5.56 Å². The van der Waals surface area contributed by atoms with Crippen molar-refractivity contribution in [3.8, 4) is 11.3 Å². The van der Waals surface area contributed by atoms with Crippen molar-refractivity contribution in [1.82, 2.24) is 4.98 Å². The summed E-state index contributed by atoms with van der Waals surface area (Å²) in [6.07, 6.45) is 2.03. The molecule has 86 valence electrons. The fraction of sp³-hybridized carbons (Fsp3) is 0.167. The smallest absolute Gasteiger partial charge is 0.294 e. The first kappa shape index (κ1) is 9.89. The molecule has 2 N–H and O–H groups in total. The zero-order chi connectivity index (χ0) is 11.8. The second-order valence-electron chi connectivity index (χ2n) is 3.88. The average molecular weight is 229 g/mol. The third kappa shape index (κ3) is 1.65. The number of hydrogen-bond donors (Lipinski definition) is 2. The van der Waals surface area contributed by atoms with Gasteiger partial charge in [-0.05, 0) is 17.7 Å². The molecule has 0 aliphatic carbocycles. The normalized spacial score (nSPS) is 13.4. The highest BCUT2D eigenvalue weighted by atomic mass is 16.4. The van der Waals surface area contributed by atoms with E-state index in [4.69, 9.17) is 4.42 Å². The molecule has 3 rings (SSSR count). The Labute approximate surface area is 97.9 Å². The van der Waals surface area contributed by atoms with Crippen molar-refractivity contribution in [2.45, 2.75) is 6.42 Å². The SMILES string of the molecule is CNc1nc(-c2ccc3c(c2)CC(=O)N3)co1. The van der Waals surface area contributed by atoms with Gasteiger partial charge >= 0.3 is 0 Å². The third-order valence-electron chi connectivity index (χ3n) is 2.74. The highest BCUT2D eigenvalue weighted by molar-refractivity contribution is 5.99. The lowest BCUT2D eigenvalue weighted by atomic mass is 10.1. The van der Waals surface area contributed by atoms with Crippen molar-refractivity contribution < 1.29 is 9.21 Å². The topological polar surface area (TPSA) is 67.2 Å². The second-order valence-corrected chi connectivity index (χ2v) is 3.88. The third-order valence-corrected chi connectivity index (χ3v) is 2.74. The van der Waals surface area contributed by atoms with Gasteiger partial charge in [0.05, 0.1) is 6.42 Å². The van der Waals surface area contributed by atoms with Crippen molar-refractivity contribution in [1.29, 1.82) is 0 Å². The number of hydrogen-bond acceptors (Lipinski definition) is 4. The largest absolute Gasteiger partial charge is 0.432 e. The van der Waals surface area contributed by atoms with Gasteiger partial charge in [0, 0.05) is 18.3 Å². The molecular weight excluding hydrogens is 218 g/mol. The standard InChI is InChI=1S/C12H11N3O2/c1-13-12-15-10(6-17-12)7-2-3-9-8(4-7)5-11(16)14-9/h2-4,6H,5H2,1H3,(H,13,15)(H,14,16). The van der Waals surface area contributed by atoms with Crippen LogP contribution in [0.3, 0.4) is 0 Å². The van der Waals surface area contributed by atoms with Crippen LogP contribution < -0.4 is 10.6 Å². The number of nitrogens with zero attached hydrogens (tertiary/aromatic N) is 1. The van der Waals surface area contributed by atoms with E-state index in [0.29, 0.717) is 12.4 Å². The number of benzene rings is 1. The lowest BCUT2D eigenvalue weighted by Crippen LogP contribution is -2.03. The zero-order valence-corrected chi connectivity index (χ0v) is 9.28. The summed E-state index contributed by atoms with van der Waals surface area (Å²) in [6, 6.07) is 6.25. The van der Waals surface area contributed by atoms with Gasteiger partial charge in [-0.15, -0.1) is 0 Å². The first-order valence-electron chi connectivity index (χ1n) is 5.32. The molecule has 0 spiro atoms. The maximum Gasteiger partial charge on any atom is 0.294 e. The Kier molecular flexibility index (Phi) is 2.11. The van der Waals surface area contributed by atoms with Crippen molar-refractivity contribution in [2.75, 3.05) is 17.7 Å². The van der Waals surface area contributed by atoms with Crippen molar-refractivity contribution in [2.24, 2.45) is 0 Å². The first-order chi connectivity index (χ1) is 8.26. The highest BCUT2D eigenvalue weighted by Gasteiger charge is 2.18. The number of oxazole rings is 1. The molecule has 2 aromatic rings. The summed E-state index contributed by atoms with van der Waals surface area (Å²) in [5.41, 5.74) is 3.60. The monoisotopic (exact) mass is 229 g/mol. The summed E-state index contributed by atoms with van der Waals surface area (Å²) in [5.74, 6) is 0.0354. The number of carbonyl (C=O) groups excluding carboxylic acids is 1. The van der Waals surface area contributed by atoms with Crippen molar-refractivity contribution in [3.05, 3.63) is 30.0 Å². The molecule has 0 saturated heterocycles. The number of anilines is 2. The van der Waals surface area contributed by atoms with Gasteiger partial charge in [0.1, 0.15) is 12.0 Å². The molecule has 1 amide bonds. The Hall–Kier alpha value is -2.30. The molecular formula is C12H11N3O2. The number of amides is 1. The van der Waals surface area contributed by atoms with Crippen LogP contribution in [0.4, 0.5) is 11.7 Å². The first-order valence-corrected chi connectivity index (χ1v) is 5.32. The quantitative estimate of drug-likeness (QED) is 0.825. The summed E-state index contributed by atoms with van der Waals surface area (Å²) in [4.78, 5) is 15.5. The predicted molar refractivity (Wildman–Crippen MR) is 63.8 cm³/mol. The predicted octanol–water partition coefficient (Wildman–Crippen LogP) is 1.88. The van der Waals surface area contributed by atoms with Crippen molar-refractivity contribution >= 4 is 17.6 Å². The molecule has 1 aliphatic heterocycles. The van der Waals surface area contributed by atoms with E-state index in [2.05, 4.69) is 15.6 Å². The minimum absolute atomic E-state index is 0.0354. The fourth-order valence-corrected chi connectivity index (χ4v) is 1.91. The zero-order valence-electron chi connectivity index (χ0n) is 9.28. The van der Waals surface area contributed by atoms with E-state index < -0.39 is 0 Å². The molecule has 0 saturated carbocycles. The van der Waals surface area contributed by atoms with Crippen LogP contribution in [0.15, 0.2) is 28.9 Å². The number of fused-ring (bicyclic) bond motifs is 1. The Morgan fingerprint density at radius 2 is 2.35 bits per heavy atom. The summed E-state index contributed by atoms with van der Waals surface area (Å²) >= 11 is 0. The fourth-order valence-electron chi connectivity index (χ4n) is 1.91. The highest BCUT2D eigenvalue weighted by Crippen LogP contribution is 2.29. The number of carbonyl (C=O) groups is 1. The lowest BCUT2D eigenvalue weighted by molar-refractivity contribution is -0.115. The molecule has 5 heteroatoms. The minimum atomic E-state index is 0.0354. The molecule has 17 heavy (non-hydrogen) atoms. The molecule has 2 heterocycles. The van der Waals surface area contributed by atoms with Gasteiger partial charge in [-0.1, -0.05) is 6.07 Å². The maximum absolute atomic E-state index is 11.2. The lowest BCUT2D eigenvalue weighted by Gasteiger charge is -2.00. The molecule has 0 unspecified atom stereocenters. The van der Waals surface area contributed by atoms with E-state index in [1.54, 1.807) is 13.3 Å². The molecule has 0 radical (unpaired) electrons. The molecule has 5 nitrogen and oxygen atoms in total. The van der Waals surface area contributed by atoms with E-state index in [-0.39, 0.29) is 5.91 Å². The van der Waals surface area contributed by atoms with E-state index in [1.807, 2.05) is 18.2 Å². The molecule has 0 atom stereocenters. The van der Waals surface area contributed by atoms with Crippen LogP contribution >= 0.6 is 0 Å². The number of rotatable bonds is 2. The molecule has 0 bridgehead atoms. The van der Waals surface area contributed by atoms with Crippen LogP contribution in [0.25, 0.3) is 11.3 Å². The van der Waals surface area contributed by atoms with Gasteiger partial charge in [0.15, 0.2) is 0 Å². The van der Waals surface area contributed by atoms with Gasteiger partial charge in [-0.3, -0.25) is 4.79 Å². The number of aromatic nitrogens is 1. The molecule has 1 aliphatic rings. The minimum Gasteiger partial charge on any atom is -0.432 e. The summed E-state index contributed by atoms with van der Waals surface area (Å²) in [7, 11) is 1.75. The summed E-state index contributed by atoms with van der Waals surface area (Å²) < 4.78 is 5.20. The van der Waals surface area contributed by atoms with E-state index in [1.165, 1.54) is 0 Å². The van der Waals surface area contributed by atoms with Crippen LogP contribution in [-0.4, -0.2) is 17.9 Å². The summed E-state index contributed by atoms with van der Waals surface area (Å²) in [5, 5.41) is 5.63. The second kappa shape index (κ2) is 3.62. The maximum atomic E-state index is 11.2. The van der Waals surface area contributed by atoms with Gasteiger partial charge in [0.25, 0.3) is 6.01 Å². The average Bonchev–Trinajstić information content (AvgIpc) is 2.92. The number of nitrogens with one attached hydrogen (secondary N) is 2. The Balaban J connectivity index is 1.99. The van der Waals surface area contributed by atoms with E-state index in [9.17, 15) is 4.79 Å². The summed E-state index contributed by atoms with van der Waals surface area (Å²) in [6.45, 7) is 0. The molecule has 1 aromatic heterocycles. The Morgan fingerprint density at radius 1 is 1.47 bits per heavy atom. The molecule has 1 aromatic carbocycles. The van der Waals surface area contributed by atoms with Crippen LogP contribution in [-0.2, 0) is 11.2 Å². The van der Waals surface area contributed by atoms with Gasteiger partial charge in [-0.25, -0.2) is 0 Å². The van der Waals surface area contributed by atoms with Gasteiger partial charge in [0.2, 0.25) is 5.91 Å². The van der Waals surface area contributed by atoms with Crippen LogP contribution in [0.5, 0.6) is 0 Å². The Morgan fingerprint density at radius 3 is 3.12 bits per heavy atom.